The van der Waals surface area contributed by atoms with Gasteiger partial charge in [-0.25, -0.2) is 0 Å². The van der Waals surface area contributed by atoms with Crippen LogP contribution in [0.1, 0.15) is 30.1 Å². The number of carbonyl (C=O) groups is 1. The molecule has 1 N–H and O–H groups in total. The summed E-state index contributed by atoms with van der Waals surface area (Å²) in [5, 5.41) is 9.50. The molecular weight excluding hydrogens is 268 g/mol. The van der Waals surface area contributed by atoms with E-state index in [9.17, 15) is 18.7 Å². The van der Waals surface area contributed by atoms with Gasteiger partial charge < -0.3 is 14.7 Å². The number of amides is 1. The number of alkyl halides is 2. The number of ether oxygens (including phenoxy) is 1. The molecule has 4 nitrogen and oxygen atoms in total. The average Bonchev–Trinajstić information content (AvgIpc) is 2.37. The van der Waals surface area contributed by atoms with Gasteiger partial charge in [0.05, 0.1) is 0 Å². The summed E-state index contributed by atoms with van der Waals surface area (Å²) in [6, 6.07) is 3.55. The van der Waals surface area contributed by atoms with Crippen molar-refractivity contribution < 1.29 is 23.4 Å². The second-order valence-corrected chi connectivity index (χ2v) is 5.07. The van der Waals surface area contributed by atoms with Gasteiger partial charge in [0.15, 0.2) is 0 Å². The lowest BCUT2D eigenvalue weighted by atomic mass is 9.98. The van der Waals surface area contributed by atoms with Crippen LogP contribution in [0.2, 0.25) is 0 Å². The van der Waals surface area contributed by atoms with Crippen molar-refractivity contribution in [1.29, 1.82) is 0 Å². The van der Waals surface area contributed by atoms with Gasteiger partial charge in [0.2, 0.25) is 0 Å². The first kappa shape index (κ1) is 14.6. The van der Waals surface area contributed by atoms with Crippen LogP contribution in [0.5, 0.6) is 11.5 Å². The Hall–Kier alpha value is -1.85. The van der Waals surface area contributed by atoms with Crippen molar-refractivity contribution in [2.45, 2.75) is 26.4 Å². The van der Waals surface area contributed by atoms with Crippen molar-refractivity contribution >= 4 is 5.91 Å². The number of aromatic hydroxyl groups is 1. The monoisotopic (exact) mass is 285 g/mol. The highest BCUT2D eigenvalue weighted by molar-refractivity contribution is 5.95. The molecule has 0 aromatic heterocycles. The summed E-state index contributed by atoms with van der Waals surface area (Å²) in [5.41, 5.74) is 0.162. The predicted octanol–water partition coefficient (Wildman–Crippen LogP) is 2.87. The van der Waals surface area contributed by atoms with Crippen LogP contribution in [0.15, 0.2) is 18.2 Å². The van der Waals surface area contributed by atoms with E-state index in [2.05, 4.69) is 11.7 Å². The summed E-state index contributed by atoms with van der Waals surface area (Å²) >= 11 is 0. The Kier molecular flexibility index (Phi) is 4.42. The molecule has 1 saturated heterocycles. The van der Waals surface area contributed by atoms with Crippen LogP contribution in [0.4, 0.5) is 8.78 Å². The molecule has 6 heteroatoms. The number of rotatable bonds is 3. The van der Waals surface area contributed by atoms with Crippen LogP contribution in [0.3, 0.4) is 0 Å². The minimum Gasteiger partial charge on any atom is -0.508 e. The molecule has 1 aromatic carbocycles. The van der Waals surface area contributed by atoms with E-state index in [1.54, 1.807) is 4.90 Å². The molecule has 1 amide bonds. The SMILES string of the molecule is CC1CCN(C(=O)c2cc(O)cc(OC(F)F)c2)CC1. The van der Waals surface area contributed by atoms with E-state index in [0.717, 1.165) is 18.9 Å². The van der Waals surface area contributed by atoms with Gasteiger partial charge in [-0.1, -0.05) is 6.92 Å². The first-order valence-corrected chi connectivity index (χ1v) is 6.54. The molecule has 0 saturated carbocycles. The number of phenolic OH excluding ortho intramolecular Hbond substituents is 1. The standard InChI is InChI=1S/C14H17F2NO3/c1-9-2-4-17(5-3-9)13(19)10-6-11(18)8-12(7-10)20-14(15)16/h6-9,14,18H,2-5H2,1H3. The molecule has 0 aliphatic carbocycles. The maximum Gasteiger partial charge on any atom is 0.387 e. The molecule has 1 heterocycles. The third-order valence-corrected chi connectivity index (χ3v) is 3.43. The van der Waals surface area contributed by atoms with Crippen LogP contribution in [-0.2, 0) is 0 Å². The summed E-state index contributed by atoms with van der Waals surface area (Å²) in [6.45, 7) is 0.419. The first-order chi connectivity index (χ1) is 9.45. The fourth-order valence-electron chi connectivity index (χ4n) is 2.27. The highest BCUT2D eigenvalue weighted by Gasteiger charge is 2.22. The van der Waals surface area contributed by atoms with Gasteiger partial charge >= 0.3 is 6.61 Å². The fraction of sp³-hybridized carbons (Fsp3) is 0.500. The van der Waals surface area contributed by atoms with Crippen LogP contribution in [0, 0.1) is 5.92 Å². The van der Waals surface area contributed by atoms with E-state index in [0.29, 0.717) is 19.0 Å². The Labute approximate surface area is 116 Å². The molecule has 0 bridgehead atoms. The number of halogens is 2. The fourth-order valence-corrected chi connectivity index (χ4v) is 2.27. The molecule has 0 spiro atoms. The molecule has 0 radical (unpaired) electrons. The Balaban J connectivity index is 2.14. The Bertz CT molecular complexity index is 485. The smallest absolute Gasteiger partial charge is 0.387 e. The van der Waals surface area contributed by atoms with Gasteiger partial charge in [0.25, 0.3) is 5.91 Å². The molecule has 0 unspecified atom stereocenters. The molecule has 1 aliphatic rings. The minimum atomic E-state index is -2.99. The van der Waals surface area contributed by atoms with E-state index in [4.69, 9.17) is 0 Å². The number of hydrogen-bond acceptors (Lipinski definition) is 3. The number of phenols is 1. The normalized spacial score (nSPS) is 16.5. The predicted molar refractivity (Wildman–Crippen MR) is 69.0 cm³/mol. The zero-order chi connectivity index (χ0) is 14.7. The third-order valence-electron chi connectivity index (χ3n) is 3.43. The highest BCUT2D eigenvalue weighted by atomic mass is 19.3. The quantitative estimate of drug-likeness (QED) is 0.929. The van der Waals surface area contributed by atoms with Gasteiger partial charge in [-0.15, -0.1) is 0 Å². The lowest BCUT2D eigenvalue weighted by Crippen LogP contribution is -2.37. The Morgan fingerprint density at radius 3 is 2.60 bits per heavy atom. The second-order valence-electron chi connectivity index (χ2n) is 5.07. The summed E-state index contributed by atoms with van der Waals surface area (Å²) in [7, 11) is 0. The second kappa shape index (κ2) is 6.07. The molecule has 1 fully saturated rings. The van der Waals surface area contributed by atoms with Crippen LogP contribution < -0.4 is 4.74 Å². The minimum absolute atomic E-state index is 0.162. The van der Waals surface area contributed by atoms with Crippen molar-refractivity contribution in [2.75, 3.05) is 13.1 Å². The molecule has 1 aliphatic heterocycles. The maximum atomic E-state index is 12.3. The van der Waals surface area contributed by atoms with Gasteiger partial charge in [-0.05, 0) is 30.9 Å². The number of nitrogens with zero attached hydrogens (tertiary/aromatic N) is 1. The summed E-state index contributed by atoms with van der Waals surface area (Å²) in [4.78, 5) is 13.9. The van der Waals surface area contributed by atoms with Crippen molar-refractivity contribution in [2.24, 2.45) is 5.92 Å². The third kappa shape index (κ3) is 3.59. The molecule has 0 atom stereocenters. The van der Waals surface area contributed by atoms with Crippen LogP contribution in [0.25, 0.3) is 0 Å². The lowest BCUT2D eigenvalue weighted by molar-refractivity contribution is -0.0499. The summed E-state index contributed by atoms with van der Waals surface area (Å²) in [5.74, 6) is -0.168. The first-order valence-electron chi connectivity index (χ1n) is 6.54. The molecular formula is C14H17F2NO3. The van der Waals surface area contributed by atoms with Crippen molar-refractivity contribution in [3.8, 4) is 11.5 Å². The van der Waals surface area contributed by atoms with Gasteiger partial charge in [-0.3, -0.25) is 4.79 Å². The average molecular weight is 285 g/mol. The number of benzene rings is 1. The van der Waals surface area contributed by atoms with Crippen LogP contribution >= 0.6 is 0 Å². The molecule has 1 aromatic rings. The van der Waals surface area contributed by atoms with Gasteiger partial charge in [0, 0.05) is 24.7 Å². The summed E-state index contributed by atoms with van der Waals surface area (Å²) < 4.78 is 28.6. The number of carbonyl (C=O) groups excluding carboxylic acids is 1. The largest absolute Gasteiger partial charge is 0.508 e. The number of piperidine rings is 1. The molecule has 20 heavy (non-hydrogen) atoms. The zero-order valence-corrected chi connectivity index (χ0v) is 11.2. The van der Waals surface area contributed by atoms with Crippen molar-refractivity contribution in [1.82, 2.24) is 4.90 Å². The van der Waals surface area contributed by atoms with Gasteiger partial charge in [0.1, 0.15) is 11.5 Å². The van der Waals surface area contributed by atoms with E-state index < -0.39 is 6.61 Å². The van der Waals surface area contributed by atoms with Gasteiger partial charge in [-0.2, -0.15) is 8.78 Å². The molecule has 110 valence electrons. The van der Waals surface area contributed by atoms with E-state index in [1.165, 1.54) is 12.1 Å². The van der Waals surface area contributed by atoms with E-state index in [1.807, 2.05) is 0 Å². The Morgan fingerprint density at radius 2 is 2.00 bits per heavy atom. The summed E-state index contributed by atoms with van der Waals surface area (Å²) in [6.07, 6.45) is 1.84. The number of likely N-dealkylation sites (tertiary alicyclic amines) is 1. The van der Waals surface area contributed by atoms with Crippen molar-refractivity contribution in [3.05, 3.63) is 23.8 Å². The highest BCUT2D eigenvalue weighted by Crippen LogP contribution is 2.25. The molecule has 2 rings (SSSR count). The maximum absolute atomic E-state index is 12.3. The Morgan fingerprint density at radius 1 is 1.35 bits per heavy atom. The van der Waals surface area contributed by atoms with E-state index in [-0.39, 0.29) is 23.0 Å². The zero-order valence-electron chi connectivity index (χ0n) is 11.2. The van der Waals surface area contributed by atoms with E-state index >= 15 is 0 Å². The topological polar surface area (TPSA) is 49.8 Å². The van der Waals surface area contributed by atoms with Crippen LogP contribution in [-0.4, -0.2) is 35.6 Å². The number of hydrogen-bond donors (Lipinski definition) is 1. The van der Waals surface area contributed by atoms with Crippen molar-refractivity contribution in [3.63, 3.8) is 0 Å². The lowest BCUT2D eigenvalue weighted by Gasteiger charge is -2.30.